The van der Waals surface area contributed by atoms with Crippen LogP contribution in [0.3, 0.4) is 0 Å². The molecule has 0 fully saturated rings. The van der Waals surface area contributed by atoms with E-state index in [-0.39, 0.29) is 18.1 Å². The molecule has 26 heavy (non-hydrogen) atoms. The van der Waals surface area contributed by atoms with Gasteiger partial charge in [0.15, 0.2) is 6.61 Å². The first kappa shape index (κ1) is 17.8. The van der Waals surface area contributed by atoms with Crippen molar-refractivity contribution in [2.24, 2.45) is 0 Å². The molecule has 3 rings (SSSR count). The topological polar surface area (TPSA) is 83.7 Å². The molecule has 0 unspecified atom stereocenters. The molecule has 0 saturated carbocycles. The molecule has 0 bridgehead atoms. The standard InChI is InChI=1S/C18H15ClN2O5/c1-23-13-7-8-14(15(9-13)24-2)18(22)25-10-16-20-21-17(26-16)11-3-5-12(19)6-4-11/h3-9H,10H2,1-2H3. The Bertz CT molecular complexity index is 908. The number of esters is 1. The highest BCUT2D eigenvalue weighted by Crippen LogP contribution is 2.26. The van der Waals surface area contributed by atoms with Crippen molar-refractivity contribution in [3.05, 3.63) is 58.9 Å². The van der Waals surface area contributed by atoms with Crippen LogP contribution >= 0.6 is 11.6 Å². The molecule has 0 N–H and O–H groups in total. The third kappa shape index (κ3) is 3.94. The zero-order chi connectivity index (χ0) is 18.5. The van der Waals surface area contributed by atoms with E-state index < -0.39 is 5.97 Å². The molecule has 8 heteroatoms. The van der Waals surface area contributed by atoms with Gasteiger partial charge in [-0.25, -0.2) is 4.79 Å². The minimum absolute atomic E-state index is 0.158. The molecule has 0 saturated heterocycles. The van der Waals surface area contributed by atoms with Crippen LogP contribution in [0.5, 0.6) is 11.5 Å². The lowest BCUT2D eigenvalue weighted by Gasteiger charge is -2.09. The number of hydrogen-bond donors (Lipinski definition) is 0. The van der Waals surface area contributed by atoms with Crippen LogP contribution in [-0.4, -0.2) is 30.4 Å². The van der Waals surface area contributed by atoms with E-state index in [4.69, 9.17) is 30.2 Å². The molecule has 3 aromatic rings. The third-order valence-electron chi connectivity index (χ3n) is 3.51. The summed E-state index contributed by atoms with van der Waals surface area (Å²) in [5.74, 6) is 0.839. The number of rotatable bonds is 6. The van der Waals surface area contributed by atoms with Crippen LogP contribution in [0.4, 0.5) is 0 Å². The second-order valence-corrected chi connectivity index (χ2v) is 5.59. The summed E-state index contributed by atoms with van der Waals surface area (Å²) < 4.78 is 21.0. The Morgan fingerprint density at radius 1 is 1.08 bits per heavy atom. The highest BCUT2D eigenvalue weighted by molar-refractivity contribution is 6.30. The van der Waals surface area contributed by atoms with Gasteiger partial charge < -0.3 is 18.6 Å². The van der Waals surface area contributed by atoms with Crippen molar-refractivity contribution in [2.75, 3.05) is 14.2 Å². The Kier molecular flexibility index (Phi) is 5.38. The first-order chi connectivity index (χ1) is 12.6. The van der Waals surface area contributed by atoms with E-state index in [2.05, 4.69) is 10.2 Å². The van der Waals surface area contributed by atoms with Gasteiger partial charge in [-0.1, -0.05) is 11.6 Å². The molecule has 1 aromatic heterocycles. The number of halogens is 1. The van der Waals surface area contributed by atoms with Crippen molar-refractivity contribution in [2.45, 2.75) is 6.61 Å². The number of hydrogen-bond acceptors (Lipinski definition) is 7. The molecule has 7 nitrogen and oxygen atoms in total. The highest BCUT2D eigenvalue weighted by atomic mass is 35.5. The largest absolute Gasteiger partial charge is 0.497 e. The lowest BCUT2D eigenvalue weighted by Crippen LogP contribution is -2.07. The Morgan fingerprint density at radius 3 is 2.54 bits per heavy atom. The molecular formula is C18H15ClN2O5. The number of nitrogens with zero attached hydrogens (tertiary/aromatic N) is 2. The number of aromatic nitrogens is 2. The molecule has 0 spiro atoms. The van der Waals surface area contributed by atoms with Gasteiger partial charge >= 0.3 is 5.97 Å². The average Bonchev–Trinajstić information content (AvgIpc) is 3.15. The van der Waals surface area contributed by atoms with Crippen LogP contribution in [0.25, 0.3) is 11.5 Å². The van der Waals surface area contributed by atoms with E-state index in [1.54, 1.807) is 42.5 Å². The maximum absolute atomic E-state index is 12.3. The molecule has 0 aliphatic heterocycles. The van der Waals surface area contributed by atoms with E-state index in [0.29, 0.717) is 22.4 Å². The molecule has 0 radical (unpaired) electrons. The molecule has 1 heterocycles. The van der Waals surface area contributed by atoms with Crippen molar-refractivity contribution in [1.29, 1.82) is 0 Å². The zero-order valence-electron chi connectivity index (χ0n) is 14.1. The molecule has 2 aromatic carbocycles. The van der Waals surface area contributed by atoms with Crippen LogP contribution in [0, 0.1) is 0 Å². The number of ether oxygens (including phenoxy) is 3. The van der Waals surface area contributed by atoms with Gasteiger partial charge in [-0.05, 0) is 36.4 Å². The van der Waals surface area contributed by atoms with Crippen molar-refractivity contribution in [3.63, 3.8) is 0 Å². The van der Waals surface area contributed by atoms with E-state index in [9.17, 15) is 4.79 Å². The fourth-order valence-electron chi connectivity index (χ4n) is 2.19. The van der Waals surface area contributed by atoms with E-state index in [1.165, 1.54) is 14.2 Å². The first-order valence-electron chi connectivity index (χ1n) is 7.58. The smallest absolute Gasteiger partial charge is 0.342 e. The fourth-order valence-corrected chi connectivity index (χ4v) is 2.32. The summed E-state index contributed by atoms with van der Waals surface area (Å²) in [5, 5.41) is 8.41. The van der Waals surface area contributed by atoms with Gasteiger partial charge in [0.05, 0.1) is 14.2 Å². The first-order valence-corrected chi connectivity index (χ1v) is 7.96. The van der Waals surface area contributed by atoms with Crippen molar-refractivity contribution in [3.8, 4) is 23.0 Å². The average molecular weight is 375 g/mol. The second-order valence-electron chi connectivity index (χ2n) is 5.15. The van der Waals surface area contributed by atoms with Gasteiger partial charge in [0.2, 0.25) is 5.89 Å². The maximum atomic E-state index is 12.3. The van der Waals surface area contributed by atoms with Crippen molar-refractivity contribution < 1.29 is 23.4 Å². The van der Waals surface area contributed by atoms with Crippen LogP contribution in [0.15, 0.2) is 46.9 Å². The van der Waals surface area contributed by atoms with E-state index >= 15 is 0 Å². The molecule has 0 aliphatic rings. The summed E-state index contributed by atoms with van der Waals surface area (Å²) in [6.07, 6.45) is 0. The minimum atomic E-state index is -0.573. The normalized spacial score (nSPS) is 10.4. The van der Waals surface area contributed by atoms with Gasteiger partial charge in [0.25, 0.3) is 5.89 Å². The van der Waals surface area contributed by atoms with Gasteiger partial charge in [0.1, 0.15) is 17.1 Å². The van der Waals surface area contributed by atoms with Crippen LogP contribution in [0.1, 0.15) is 16.2 Å². The number of carbonyl (C=O) groups excluding carboxylic acids is 1. The predicted molar refractivity (Wildman–Crippen MR) is 93.4 cm³/mol. The number of benzene rings is 2. The molecule has 0 amide bonds. The third-order valence-corrected chi connectivity index (χ3v) is 3.77. The minimum Gasteiger partial charge on any atom is -0.497 e. The Balaban J connectivity index is 1.68. The Morgan fingerprint density at radius 2 is 1.85 bits per heavy atom. The Labute approximate surface area is 154 Å². The quantitative estimate of drug-likeness (QED) is 0.607. The van der Waals surface area contributed by atoms with Crippen LogP contribution in [-0.2, 0) is 11.3 Å². The summed E-state index contributed by atoms with van der Waals surface area (Å²) in [5.41, 5.74) is 0.988. The SMILES string of the molecule is COc1ccc(C(=O)OCc2nnc(-c3ccc(Cl)cc3)o2)c(OC)c1. The van der Waals surface area contributed by atoms with Gasteiger partial charge in [-0.3, -0.25) is 0 Å². The zero-order valence-corrected chi connectivity index (χ0v) is 14.8. The van der Waals surface area contributed by atoms with E-state index in [0.717, 1.165) is 5.56 Å². The summed E-state index contributed by atoms with van der Waals surface area (Å²) >= 11 is 5.85. The second kappa shape index (κ2) is 7.88. The summed E-state index contributed by atoms with van der Waals surface area (Å²) in [6.45, 7) is -0.158. The van der Waals surface area contributed by atoms with Gasteiger partial charge in [-0.15, -0.1) is 10.2 Å². The van der Waals surface area contributed by atoms with Crippen LogP contribution < -0.4 is 9.47 Å². The van der Waals surface area contributed by atoms with E-state index in [1.807, 2.05) is 0 Å². The lowest BCUT2D eigenvalue weighted by atomic mass is 10.2. The summed E-state index contributed by atoms with van der Waals surface area (Å²) in [6, 6.07) is 11.8. The Hall–Kier alpha value is -3.06. The van der Waals surface area contributed by atoms with Gasteiger partial charge in [-0.2, -0.15) is 0 Å². The molecule has 0 aliphatic carbocycles. The molecular weight excluding hydrogens is 360 g/mol. The molecule has 134 valence electrons. The predicted octanol–water partition coefficient (Wildman–Crippen LogP) is 3.76. The lowest BCUT2D eigenvalue weighted by molar-refractivity contribution is 0.0435. The van der Waals surface area contributed by atoms with Crippen molar-refractivity contribution in [1.82, 2.24) is 10.2 Å². The summed E-state index contributed by atoms with van der Waals surface area (Å²) in [7, 11) is 2.99. The number of carbonyl (C=O) groups is 1. The van der Waals surface area contributed by atoms with Crippen LogP contribution in [0.2, 0.25) is 5.02 Å². The fraction of sp³-hybridized carbons (Fsp3) is 0.167. The van der Waals surface area contributed by atoms with Crippen molar-refractivity contribution >= 4 is 17.6 Å². The molecule has 0 atom stereocenters. The monoisotopic (exact) mass is 374 g/mol. The summed E-state index contributed by atoms with van der Waals surface area (Å²) in [4.78, 5) is 12.3. The van der Waals surface area contributed by atoms with Gasteiger partial charge in [0, 0.05) is 16.7 Å². The maximum Gasteiger partial charge on any atom is 0.342 e. The highest BCUT2D eigenvalue weighted by Gasteiger charge is 2.17. The number of methoxy groups -OCH3 is 2.